The number of hydrazine groups is 1. The molecule has 0 aliphatic heterocycles. The lowest BCUT2D eigenvalue weighted by Crippen LogP contribution is -2.42. The Labute approximate surface area is 113 Å². The zero-order valence-electron chi connectivity index (χ0n) is 10.1. The van der Waals surface area contributed by atoms with Crippen LogP contribution in [-0.2, 0) is 16.1 Å². The number of nitrogens with two attached hydrogens (primary N) is 1. The molecule has 1 aromatic heterocycles. The molecule has 8 heteroatoms. The van der Waals surface area contributed by atoms with E-state index in [9.17, 15) is 9.59 Å². The number of nitrogen functional groups attached to an aromatic ring is 1. The topological polar surface area (TPSA) is 102 Å². The molecule has 0 fully saturated rings. The third kappa shape index (κ3) is 2.94. The van der Waals surface area contributed by atoms with Gasteiger partial charge in [0.25, 0.3) is 5.91 Å². The molecule has 0 unspecified atom stereocenters. The summed E-state index contributed by atoms with van der Waals surface area (Å²) < 4.78 is 1.53. The number of carbonyl (C=O) groups excluding carboxylic acids is 2. The lowest BCUT2D eigenvalue weighted by molar-refractivity contribution is -0.128. The molecule has 2 amide bonds. The number of imidazole rings is 1. The molecule has 1 heterocycles. The van der Waals surface area contributed by atoms with Gasteiger partial charge in [0.15, 0.2) is 0 Å². The quantitative estimate of drug-likeness (QED) is 0.695. The number of benzene rings is 1. The molecule has 7 nitrogen and oxygen atoms in total. The van der Waals surface area contributed by atoms with Crippen LogP contribution < -0.4 is 16.6 Å². The van der Waals surface area contributed by atoms with Crippen LogP contribution >= 0.6 is 11.6 Å². The van der Waals surface area contributed by atoms with Crippen molar-refractivity contribution in [1.29, 1.82) is 0 Å². The van der Waals surface area contributed by atoms with Crippen molar-refractivity contribution in [2.45, 2.75) is 13.5 Å². The van der Waals surface area contributed by atoms with E-state index in [1.807, 2.05) is 0 Å². The van der Waals surface area contributed by atoms with Gasteiger partial charge < -0.3 is 10.3 Å². The lowest BCUT2D eigenvalue weighted by Gasteiger charge is -2.07. The van der Waals surface area contributed by atoms with E-state index in [-0.39, 0.29) is 18.4 Å². The molecule has 0 saturated carbocycles. The number of hydrogen-bond donors (Lipinski definition) is 3. The summed E-state index contributed by atoms with van der Waals surface area (Å²) in [5.41, 5.74) is 11.5. The van der Waals surface area contributed by atoms with Crippen molar-refractivity contribution in [3.63, 3.8) is 0 Å². The molecule has 0 aliphatic carbocycles. The maximum Gasteiger partial charge on any atom is 0.258 e. The number of fused-ring (bicyclic) bond motifs is 1. The minimum atomic E-state index is -0.406. The van der Waals surface area contributed by atoms with E-state index in [0.29, 0.717) is 16.1 Å². The second-order valence-electron chi connectivity index (χ2n) is 3.92. The van der Waals surface area contributed by atoms with Crippen LogP contribution in [0.15, 0.2) is 18.2 Å². The van der Waals surface area contributed by atoms with Crippen LogP contribution in [0.4, 0.5) is 5.95 Å². The number of amides is 2. The van der Waals surface area contributed by atoms with Gasteiger partial charge in [-0.2, -0.15) is 0 Å². The molecule has 0 aliphatic rings. The van der Waals surface area contributed by atoms with Crippen molar-refractivity contribution >= 4 is 40.4 Å². The molecule has 0 saturated heterocycles. The van der Waals surface area contributed by atoms with Crippen molar-refractivity contribution < 1.29 is 9.59 Å². The minimum absolute atomic E-state index is 0.0513. The average Bonchev–Trinajstić information content (AvgIpc) is 2.62. The molecule has 1 aromatic carbocycles. The van der Waals surface area contributed by atoms with E-state index < -0.39 is 5.91 Å². The van der Waals surface area contributed by atoms with Gasteiger partial charge in [0.1, 0.15) is 6.54 Å². The van der Waals surface area contributed by atoms with Crippen LogP contribution in [0.3, 0.4) is 0 Å². The predicted octanol–water partition coefficient (Wildman–Crippen LogP) is 0.439. The highest BCUT2D eigenvalue weighted by molar-refractivity contribution is 6.31. The summed E-state index contributed by atoms with van der Waals surface area (Å²) in [5.74, 6) is -0.560. The second kappa shape index (κ2) is 5.15. The number of hydrogen-bond acceptors (Lipinski definition) is 4. The number of carbonyl (C=O) groups is 2. The Bertz CT molecular complexity index is 652. The van der Waals surface area contributed by atoms with Crippen LogP contribution in [0.2, 0.25) is 5.02 Å². The number of nitrogens with one attached hydrogen (secondary N) is 2. The van der Waals surface area contributed by atoms with Gasteiger partial charge in [0.2, 0.25) is 11.9 Å². The summed E-state index contributed by atoms with van der Waals surface area (Å²) in [6.45, 7) is 1.24. The Kier molecular flexibility index (Phi) is 3.57. The van der Waals surface area contributed by atoms with E-state index >= 15 is 0 Å². The van der Waals surface area contributed by atoms with Gasteiger partial charge in [0.05, 0.1) is 11.0 Å². The van der Waals surface area contributed by atoms with Crippen molar-refractivity contribution in [1.82, 2.24) is 20.4 Å². The fourth-order valence-corrected chi connectivity index (χ4v) is 1.79. The molecule has 2 aromatic rings. The number of nitrogens with zero attached hydrogens (tertiary/aromatic N) is 2. The molecule has 0 bridgehead atoms. The van der Waals surface area contributed by atoms with Gasteiger partial charge in [-0.3, -0.25) is 20.4 Å². The maximum atomic E-state index is 11.6. The van der Waals surface area contributed by atoms with Gasteiger partial charge in [0, 0.05) is 11.9 Å². The van der Waals surface area contributed by atoms with Gasteiger partial charge >= 0.3 is 0 Å². The summed E-state index contributed by atoms with van der Waals surface area (Å²) in [4.78, 5) is 26.4. The molecule has 0 radical (unpaired) electrons. The lowest BCUT2D eigenvalue weighted by atomic mass is 10.3. The van der Waals surface area contributed by atoms with Gasteiger partial charge in [-0.15, -0.1) is 0 Å². The van der Waals surface area contributed by atoms with Crippen molar-refractivity contribution in [2.24, 2.45) is 0 Å². The van der Waals surface area contributed by atoms with Crippen LogP contribution in [-0.4, -0.2) is 21.4 Å². The largest absolute Gasteiger partial charge is 0.369 e. The second-order valence-corrected chi connectivity index (χ2v) is 4.35. The fourth-order valence-electron chi connectivity index (χ4n) is 1.63. The Balaban J connectivity index is 2.22. The van der Waals surface area contributed by atoms with Crippen LogP contribution in [0, 0.1) is 0 Å². The molecule has 0 spiro atoms. The maximum absolute atomic E-state index is 11.6. The van der Waals surface area contributed by atoms with Crippen molar-refractivity contribution in [2.75, 3.05) is 5.73 Å². The Morgan fingerprint density at radius 3 is 2.84 bits per heavy atom. The van der Waals surface area contributed by atoms with Crippen LogP contribution in [0.1, 0.15) is 6.92 Å². The molecule has 4 N–H and O–H groups in total. The molecule has 19 heavy (non-hydrogen) atoms. The predicted molar refractivity (Wildman–Crippen MR) is 71.1 cm³/mol. The van der Waals surface area contributed by atoms with Gasteiger partial charge in [-0.1, -0.05) is 11.6 Å². The average molecular weight is 282 g/mol. The zero-order chi connectivity index (χ0) is 14.0. The zero-order valence-corrected chi connectivity index (χ0v) is 10.9. The van der Waals surface area contributed by atoms with Crippen LogP contribution in [0.25, 0.3) is 11.0 Å². The highest BCUT2D eigenvalue weighted by atomic mass is 35.5. The molecule has 2 rings (SSSR count). The number of halogens is 1. The standard InChI is InChI=1S/C11H12ClN5O2/c1-6(18)15-16-10(19)5-17-9-3-2-7(12)4-8(9)14-11(17)13/h2-4H,5H2,1H3,(H2,13,14)(H,15,18)(H,16,19). The third-order valence-corrected chi connectivity index (χ3v) is 2.65. The van der Waals surface area contributed by atoms with Crippen LogP contribution in [0.5, 0.6) is 0 Å². The fraction of sp³-hybridized carbons (Fsp3) is 0.182. The summed E-state index contributed by atoms with van der Waals surface area (Å²) in [7, 11) is 0. The molecular formula is C11H12ClN5O2. The summed E-state index contributed by atoms with van der Waals surface area (Å²) in [6.07, 6.45) is 0. The number of anilines is 1. The highest BCUT2D eigenvalue weighted by Crippen LogP contribution is 2.21. The Morgan fingerprint density at radius 2 is 2.16 bits per heavy atom. The molecular weight excluding hydrogens is 270 g/mol. The highest BCUT2D eigenvalue weighted by Gasteiger charge is 2.12. The summed E-state index contributed by atoms with van der Waals surface area (Å²) in [6, 6.07) is 5.08. The molecule has 100 valence electrons. The smallest absolute Gasteiger partial charge is 0.258 e. The first-order valence-corrected chi connectivity index (χ1v) is 5.82. The SMILES string of the molecule is CC(=O)NNC(=O)Cn1c(N)nc2cc(Cl)ccc21. The normalized spacial score (nSPS) is 10.4. The monoisotopic (exact) mass is 281 g/mol. The van der Waals surface area contributed by atoms with Gasteiger partial charge in [-0.25, -0.2) is 4.98 Å². The Hall–Kier alpha value is -2.28. The summed E-state index contributed by atoms with van der Waals surface area (Å²) >= 11 is 5.85. The van der Waals surface area contributed by atoms with E-state index in [1.165, 1.54) is 11.5 Å². The number of rotatable bonds is 2. The van der Waals surface area contributed by atoms with E-state index in [1.54, 1.807) is 18.2 Å². The molecule has 0 atom stereocenters. The summed E-state index contributed by atoms with van der Waals surface area (Å²) in [5, 5.41) is 0.542. The first kappa shape index (κ1) is 13.2. The minimum Gasteiger partial charge on any atom is -0.369 e. The van der Waals surface area contributed by atoms with E-state index in [0.717, 1.165) is 0 Å². The van der Waals surface area contributed by atoms with E-state index in [4.69, 9.17) is 17.3 Å². The van der Waals surface area contributed by atoms with E-state index in [2.05, 4.69) is 15.8 Å². The van der Waals surface area contributed by atoms with Crippen molar-refractivity contribution in [3.8, 4) is 0 Å². The van der Waals surface area contributed by atoms with Crippen molar-refractivity contribution in [3.05, 3.63) is 23.2 Å². The third-order valence-electron chi connectivity index (χ3n) is 2.42. The number of aromatic nitrogens is 2. The Morgan fingerprint density at radius 1 is 1.42 bits per heavy atom. The first-order chi connectivity index (χ1) is 8.97. The van der Waals surface area contributed by atoms with Gasteiger partial charge in [-0.05, 0) is 18.2 Å². The first-order valence-electron chi connectivity index (χ1n) is 5.44.